The van der Waals surface area contributed by atoms with Gasteiger partial charge in [-0.25, -0.2) is 9.67 Å². The van der Waals surface area contributed by atoms with Crippen molar-refractivity contribution in [2.24, 2.45) is 0 Å². The summed E-state index contributed by atoms with van der Waals surface area (Å²) in [4.78, 5) is 15.5. The molecule has 2 aromatic rings. The maximum Gasteiger partial charge on any atom is 0.238 e. The molecule has 6 nitrogen and oxygen atoms in total. The highest BCUT2D eigenvalue weighted by molar-refractivity contribution is 5.92. The standard InChI is InChI=1S/C13H17N5O/c1-2-14-7-13(19)17-12-5-3-4-11(6-12)8-18-10-15-9-16-18/h3-6,9-10,14H,2,7-8H2,1H3,(H,17,19). The van der Waals surface area contributed by atoms with Gasteiger partial charge in [0.05, 0.1) is 13.1 Å². The van der Waals surface area contributed by atoms with Gasteiger partial charge in [-0.2, -0.15) is 5.10 Å². The van der Waals surface area contributed by atoms with Gasteiger partial charge >= 0.3 is 0 Å². The van der Waals surface area contributed by atoms with Crippen LogP contribution in [-0.4, -0.2) is 33.8 Å². The Balaban J connectivity index is 1.97. The van der Waals surface area contributed by atoms with Gasteiger partial charge in [-0.05, 0) is 24.2 Å². The van der Waals surface area contributed by atoms with Crippen LogP contribution in [0.25, 0.3) is 0 Å². The number of amides is 1. The zero-order valence-electron chi connectivity index (χ0n) is 10.8. The van der Waals surface area contributed by atoms with E-state index in [1.165, 1.54) is 6.33 Å². The summed E-state index contributed by atoms with van der Waals surface area (Å²) in [5, 5.41) is 9.89. The second kappa shape index (κ2) is 6.65. The van der Waals surface area contributed by atoms with Gasteiger partial charge in [-0.1, -0.05) is 19.1 Å². The summed E-state index contributed by atoms with van der Waals surface area (Å²) in [5.74, 6) is -0.0419. The van der Waals surface area contributed by atoms with Crippen molar-refractivity contribution in [3.05, 3.63) is 42.5 Å². The third kappa shape index (κ3) is 4.18. The summed E-state index contributed by atoms with van der Waals surface area (Å²) >= 11 is 0. The average molecular weight is 259 g/mol. The van der Waals surface area contributed by atoms with Crippen LogP contribution in [0.5, 0.6) is 0 Å². The molecule has 1 aromatic carbocycles. The Labute approximate surface area is 111 Å². The minimum atomic E-state index is -0.0419. The van der Waals surface area contributed by atoms with Crippen molar-refractivity contribution < 1.29 is 4.79 Å². The Morgan fingerprint density at radius 1 is 1.42 bits per heavy atom. The lowest BCUT2D eigenvalue weighted by atomic mass is 10.2. The molecule has 2 rings (SSSR count). The van der Waals surface area contributed by atoms with E-state index in [1.54, 1.807) is 11.0 Å². The van der Waals surface area contributed by atoms with Crippen LogP contribution in [0.3, 0.4) is 0 Å². The summed E-state index contributed by atoms with van der Waals surface area (Å²) < 4.78 is 1.74. The van der Waals surface area contributed by atoms with Crippen LogP contribution in [0.1, 0.15) is 12.5 Å². The van der Waals surface area contributed by atoms with Crippen LogP contribution in [0.15, 0.2) is 36.9 Å². The maximum atomic E-state index is 11.6. The molecular formula is C13H17N5O. The number of carbonyl (C=O) groups is 1. The number of benzene rings is 1. The van der Waals surface area contributed by atoms with Crippen molar-refractivity contribution in [3.8, 4) is 0 Å². The molecule has 2 N–H and O–H groups in total. The number of hydrogen-bond acceptors (Lipinski definition) is 4. The predicted octanol–water partition coefficient (Wildman–Crippen LogP) is 0.874. The number of carbonyl (C=O) groups excluding carboxylic acids is 1. The van der Waals surface area contributed by atoms with Gasteiger partial charge in [0.1, 0.15) is 12.7 Å². The van der Waals surface area contributed by atoms with Gasteiger partial charge in [0.15, 0.2) is 0 Å². The first kappa shape index (κ1) is 13.2. The Kier molecular flexibility index (Phi) is 4.63. The minimum absolute atomic E-state index is 0.0419. The Morgan fingerprint density at radius 3 is 3.05 bits per heavy atom. The lowest BCUT2D eigenvalue weighted by Crippen LogP contribution is -2.27. The van der Waals surface area contributed by atoms with Gasteiger partial charge < -0.3 is 10.6 Å². The van der Waals surface area contributed by atoms with E-state index in [2.05, 4.69) is 20.7 Å². The topological polar surface area (TPSA) is 71.8 Å². The number of nitrogens with zero attached hydrogens (tertiary/aromatic N) is 3. The zero-order chi connectivity index (χ0) is 13.5. The highest BCUT2D eigenvalue weighted by Crippen LogP contribution is 2.11. The first-order chi connectivity index (χ1) is 9.28. The Hall–Kier alpha value is -2.21. The van der Waals surface area contributed by atoms with Gasteiger partial charge in [0.25, 0.3) is 0 Å². The van der Waals surface area contributed by atoms with Crippen LogP contribution < -0.4 is 10.6 Å². The van der Waals surface area contributed by atoms with Gasteiger partial charge in [0, 0.05) is 5.69 Å². The Morgan fingerprint density at radius 2 is 2.32 bits per heavy atom. The lowest BCUT2D eigenvalue weighted by Gasteiger charge is -2.07. The molecular weight excluding hydrogens is 242 g/mol. The second-order valence-electron chi connectivity index (χ2n) is 4.12. The fourth-order valence-electron chi connectivity index (χ4n) is 1.69. The molecule has 1 amide bonds. The van der Waals surface area contributed by atoms with Crippen molar-refractivity contribution in [2.45, 2.75) is 13.5 Å². The molecule has 19 heavy (non-hydrogen) atoms. The van der Waals surface area contributed by atoms with Crippen LogP contribution >= 0.6 is 0 Å². The molecule has 0 aliphatic carbocycles. The summed E-state index contributed by atoms with van der Waals surface area (Å²) in [7, 11) is 0. The van der Waals surface area contributed by atoms with E-state index in [1.807, 2.05) is 31.2 Å². The molecule has 6 heteroatoms. The SMILES string of the molecule is CCNCC(=O)Nc1cccc(Cn2cncn2)c1. The highest BCUT2D eigenvalue weighted by atomic mass is 16.1. The second-order valence-corrected chi connectivity index (χ2v) is 4.12. The molecule has 0 spiro atoms. The zero-order valence-corrected chi connectivity index (χ0v) is 10.8. The van der Waals surface area contributed by atoms with Crippen molar-refractivity contribution in [3.63, 3.8) is 0 Å². The number of hydrogen-bond donors (Lipinski definition) is 2. The lowest BCUT2D eigenvalue weighted by molar-refractivity contribution is -0.115. The normalized spacial score (nSPS) is 10.4. The van der Waals surface area contributed by atoms with E-state index in [4.69, 9.17) is 0 Å². The van der Waals surface area contributed by atoms with Gasteiger partial charge in [0.2, 0.25) is 5.91 Å². The molecule has 0 fully saturated rings. The molecule has 1 heterocycles. The van der Waals surface area contributed by atoms with E-state index >= 15 is 0 Å². The summed E-state index contributed by atoms with van der Waals surface area (Å²) in [6.07, 6.45) is 3.17. The first-order valence-electron chi connectivity index (χ1n) is 6.20. The van der Waals surface area contributed by atoms with E-state index in [0.717, 1.165) is 17.8 Å². The predicted molar refractivity (Wildman–Crippen MR) is 72.7 cm³/mol. The molecule has 0 bridgehead atoms. The van der Waals surface area contributed by atoms with Crippen LogP contribution in [0.2, 0.25) is 0 Å². The third-order valence-electron chi connectivity index (χ3n) is 2.56. The van der Waals surface area contributed by atoms with Crippen LogP contribution in [0.4, 0.5) is 5.69 Å². The molecule has 0 saturated carbocycles. The third-order valence-corrected chi connectivity index (χ3v) is 2.56. The van der Waals surface area contributed by atoms with E-state index in [9.17, 15) is 4.79 Å². The fraction of sp³-hybridized carbons (Fsp3) is 0.308. The van der Waals surface area contributed by atoms with Gasteiger partial charge in [-0.15, -0.1) is 0 Å². The van der Waals surface area contributed by atoms with Crippen LogP contribution in [-0.2, 0) is 11.3 Å². The van der Waals surface area contributed by atoms with Crippen molar-refractivity contribution in [1.82, 2.24) is 20.1 Å². The average Bonchev–Trinajstić information content (AvgIpc) is 2.89. The fourth-order valence-corrected chi connectivity index (χ4v) is 1.69. The maximum absolute atomic E-state index is 11.6. The van der Waals surface area contributed by atoms with E-state index in [0.29, 0.717) is 13.1 Å². The molecule has 100 valence electrons. The van der Waals surface area contributed by atoms with Gasteiger partial charge in [-0.3, -0.25) is 4.79 Å². The molecule has 0 radical (unpaired) electrons. The molecule has 0 unspecified atom stereocenters. The van der Waals surface area contributed by atoms with Crippen molar-refractivity contribution in [1.29, 1.82) is 0 Å². The summed E-state index contributed by atoms with van der Waals surface area (Å²) in [5.41, 5.74) is 1.85. The highest BCUT2D eigenvalue weighted by Gasteiger charge is 2.02. The molecule has 0 aliphatic heterocycles. The molecule has 0 saturated heterocycles. The van der Waals surface area contributed by atoms with Crippen molar-refractivity contribution >= 4 is 11.6 Å². The molecule has 0 aliphatic rings. The smallest absolute Gasteiger partial charge is 0.238 e. The van der Waals surface area contributed by atoms with Crippen molar-refractivity contribution in [2.75, 3.05) is 18.4 Å². The number of aromatic nitrogens is 3. The Bertz CT molecular complexity index is 524. The monoisotopic (exact) mass is 259 g/mol. The van der Waals surface area contributed by atoms with Crippen LogP contribution in [0, 0.1) is 0 Å². The minimum Gasteiger partial charge on any atom is -0.325 e. The number of rotatable bonds is 6. The first-order valence-corrected chi connectivity index (χ1v) is 6.20. The number of nitrogens with one attached hydrogen (secondary N) is 2. The largest absolute Gasteiger partial charge is 0.325 e. The summed E-state index contributed by atoms with van der Waals surface area (Å²) in [6.45, 7) is 3.70. The number of anilines is 1. The molecule has 1 aromatic heterocycles. The van der Waals surface area contributed by atoms with E-state index < -0.39 is 0 Å². The summed E-state index contributed by atoms with van der Waals surface area (Å²) in [6, 6.07) is 7.71. The van der Waals surface area contributed by atoms with E-state index in [-0.39, 0.29) is 5.91 Å². The quantitative estimate of drug-likeness (QED) is 0.807. The molecule has 0 atom stereocenters. The number of likely N-dealkylation sites (N-methyl/N-ethyl adjacent to an activating group) is 1.